The Morgan fingerprint density at radius 3 is 2.69 bits per heavy atom. The molecule has 0 aromatic carbocycles. The van der Waals surface area contributed by atoms with E-state index >= 15 is 0 Å². The van der Waals surface area contributed by atoms with Gasteiger partial charge in [0.05, 0.1) is 0 Å². The van der Waals surface area contributed by atoms with Crippen LogP contribution in [0.4, 0.5) is 0 Å². The fourth-order valence-corrected chi connectivity index (χ4v) is 5.11. The van der Waals surface area contributed by atoms with Crippen LogP contribution in [0.2, 0.25) is 0 Å². The molecule has 3 saturated carbocycles. The van der Waals surface area contributed by atoms with Crippen molar-refractivity contribution in [1.29, 1.82) is 0 Å². The molecule has 0 spiro atoms. The first-order chi connectivity index (χ1) is 7.62. The fraction of sp³-hybridized carbons (Fsp3) is 0.929. The van der Waals surface area contributed by atoms with Gasteiger partial charge in [0, 0.05) is 0 Å². The molecule has 0 amide bonds. The molecule has 1 saturated heterocycles. The van der Waals surface area contributed by atoms with E-state index in [0.717, 1.165) is 35.6 Å². The van der Waals surface area contributed by atoms with Crippen LogP contribution in [0.15, 0.2) is 0 Å². The summed E-state index contributed by atoms with van der Waals surface area (Å²) in [6, 6.07) is 0.907. The van der Waals surface area contributed by atoms with Crippen LogP contribution in [0.1, 0.15) is 33.1 Å². The molecular weight excluding hydrogens is 193 g/mol. The number of fused-ring (bicyclic) bond motifs is 2. The summed E-state index contributed by atoms with van der Waals surface area (Å²) in [5.74, 6) is 5.49. The zero-order valence-electron chi connectivity index (χ0n) is 10.5. The van der Waals surface area contributed by atoms with Gasteiger partial charge in [-0.05, 0) is 0 Å². The first-order valence-electron chi connectivity index (χ1n) is 7.02. The standard InChI is InChI=1S/C14H22BN/c1-14(2,15-3)16-7-11-10-5-8(10)4-9-6-12(16)13(9)11/h8-13H,3-7H2,1-2H3/t8-,9?,10?,11?,12?,13?/m0/s1. The van der Waals surface area contributed by atoms with E-state index in [1.165, 1.54) is 13.0 Å². The molecule has 4 rings (SSSR count). The maximum absolute atomic E-state index is 4.03. The van der Waals surface area contributed by atoms with Gasteiger partial charge in [0.1, 0.15) is 0 Å². The summed E-state index contributed by atoms with van der Waals surface area (Å²) in [6.45, 7) is 12.2. The average Bonchev–Trinajstić information content (AvgIpc) is 2.92. The van der Waals surface area contributed by atoms with E-state index in [0.29, 0.717) is 0 Å². The van der Waals surface area contributed by atoms with Gasteiger partial charge in [0.2, 0.25) is 0 Å². The van der Waals surface area contributed by atoms with Gasteiger partial charge in [-0.3, -0.25) is 0 Å². The van der Waals surface area contributed by atoms with Gasteiger partial charge >= 0.3 is 99.0 Å². The number of hydrogen-bond acceptors (Lipinski definition) is 1. The van der Waals surface area contributed by atoms with E-state index in [9.17, 15) is 0 Å². The molecule has 4 fully saturated rings. The molecule has 4 aliphatic rings. The predicted molar refractivity (Wildman–Crippen MR) is 68.7 cm³/mol. The molecule has 6 atom stereocenters. The van der Waals surface area contributed by atoms with Gasteiger partial charge in [0.25, 0.3) is 0 Å². The van der Waals surface area contributed by atoms with Crippen LogP contribution in [0.5, 0.6) is 0 Å². The van der Waals surface area contributed by atoms with E-state index in [1.807, 2.05) is 0 Å². The predicted octanol–water partition coefficient (Wildman–Crippen LogP) is 1.83. The van der Waals surface area contributed by atoms with Gasteiger partial charge in [0.15, 0.2) is 0 Å². The third kappa shape index (κ3) is 1.05. The van der Waals surface area contributed by atoms with E-state index in [1.54, 1.807) is 12.8 Å². The van der Waals surface area contributed by atoms with Crippen LogP contribution < -0.4 is 0 Å². The van der Waals surface area contributed by atoms with Crippen LogP contribution in [-0.4, -0.2) is 36.3 Å². The molecule has 16 heavy (non-hydrogen) atoms. The van der Waals surface area contributed by atoms with E-state index in [4.69, 9.17) is 0 Å². The number of rotatable bonds is 2. The third-order valence-corrected chi connectivity index (χ3v) is 6.21. The molecule has 5 unspecified atom stereocenters. The molecular formula is C14H22BN. The Hall–Kier alpha value is -0.105. The van der Waals surface area contributed by atoms with Crippen molar-refractivity contribution in [2.45, 2.75) is 44.6 Å². The monoisotopic (exact) mass is 215 g/mol. The molecule has 1 heterocycles. The van der Waals surface area contributed by atoms with E-state index in [-0.39, 0.29) is 5.44 Å². The second-order valence-electron chi connectivity index (χ2n) is 7.21. The van der Waals surface area contributed by atoms with Crippen molar-refractivity contribution < 1.29 is 0 Å². The SMILES string of the molecule is C=BC(C)(C)N1CC2C3C(CC31)C[C@H]1CC21. The molecule has 0 N–H and O–H groups in total. The zero-order chi connectivity index (χ0) is 11.1. The van der Waals surface area contributed by atoms with Gasteiger partial charge in [-0.25, -0.2) is 0 Å². The average molecular weight is 215 g/mol. The van der Waals surface area contributed by atoms with Gasteiger partial charge < -0.3 is 0 Å². The summed E-state index contributed by atoms with van der Waals surface area (Å²) in [6.07, 6.45) is 4.62. The first kappa shape index (κ1) is 9.88. The first-order valence-corrected chi connectivity index (χ1v) is 7.02. The van der Waals surface area contributed by atoms with Crippen molar-refractivity contribution in [3.8, 4) is 0 Å². The normalized spacial score (nSPS) is 53.6. The van der Waals surface area contributed by atoms with Crippen LogP contribution in [0.3, 0.4) is 0 Å². The Labute approximate surface area is 99.5 Å². The summed E-state index contributed by atoms with van der Waals surface area (Å²) in [7, 11) is 0. The Morgan fingerprint density at radius 2 is 1.94 bits per heavy atom. The summed E-state index contributed by atoms with van der Waals surface area (Å²) < 4.78 is 0. The van der Waals surface area contributed by atoms with Gasteiger partial charge in [-0.15, -0.1) is 0 Å². The van der Waals surface area contributed by atoms with Crippen molar-refractivity contribution in [3.05, 3.63) is 0 Å². The molecule has 0 radical (unpaired) electrons. The van der Waals surface area contributed by atoms with Crippen molar-refractivity contribution in [1.82, 2.24) is 4.90 Å². The minimum atomic E-state index is 0.220. The molecule has 2 heteroatoms. The van der Waals surface area contributed by atoms with Gasteiger partial charge in [-0.1, -0.05) is 0 Å². The second-order valence-corrected chi connectivity index (χ2v) is 7.21. The van der Waals surface area contributed by atoms with Crippen molar-refractivity contribution in [3.63, 3.8) is 0 Å². The van der Waals surface area contributed by atoms with Crippen LogP contribution in [0.25, 0.3) is 0 Å². The number of likely N-dealkylation sites (tertiary alicyclic amines) is 1. The Balaban J connectivity index is 1.63. The van der Waals surface area contributed by atoms with Crippen LogP contribution in [-0.2, 0) is 0 Å². The molecule has 1 nitrogen and oxygen atoms in total. The third-order valence-electron chi connectivity index (χ3n) is 6.21. The second kappa shape index (κ2) is 2.83. The fourth-order valence-electron chi connectivity index (χ4n) is 5.11. The maximum atomic E-state index is 4.03. The minimum absolute atomic E-state index is 0.220. The zero-order valence-corrected chi connectivity index (χ0v) is 10.5. The molecule has 0 aromatic heterocycles. The molecule has 3 aliphatic carbocycles. The van der Waals surface area contributed by atoms with E-state index in [2.05, 4.69) is 32.1 Å². The van der Waals surface area contributed by atoms with Crippen molar-refractivity contribution in [2.24, 2.45) is 29.6 Å². The summed E-state index contributed by atoms with van der Waals surface area (Å²) in [5, 5.41) is 0. The molecule has 86 valence electrons. The number of nitrogens with zero attached hydrogens (tertiary/aromatic N) is 1. The van der Waals surface area contributed by atoms with Crippen LogP contribution >= 0.6 is 0 Å². The van der Waals surface area contributed by atoms with Gasteiger partial charge in [-0.2, -0.15) is 0 Å². The topological polar surface area (TPSA) is 3.24 Å². The van der Waals surface area contributed by atoms with Crippen molar-refractivity contribution in [2.75, 3.05) is 6.54 Å². The Bertz CT molecular complexity index is 351. The molecule has 1 aliphatic heterocycles. The summed E-state index contributed by atoms with van der Waals surface area (Å²) >= 11 is 0. The van der Waals surface area contributed by atoms with Crippen molar-refractivity contribution >= 4 is 13.4 Å². The Morgan fingerprint density at radius 1 is 1.12 bits per heavy atom. The van der Waals surface area contributed by atoms with E-state index < -0.39 is 0 Å². The molecule has 0 aromatic rings. The number of hydrogen-bond donors (Lipinski definition) is 0. The summed E-state index contributed by atoms with van der Waals surface area (Å²) in [5.41, 5.74) is 0.220. The molecule has 0 bridgehead atoms. The van der Waals surface area contributed by atoms with Crippen LogP contribution in [0, 0.1) is 29.6 Å². The summed E-state index contributed by atoms with van der Waals surface area (Å²) in [4.78, 5) is 2.77. The quantitative estimate of drug-likeness (QED) is 0.635. The Kier molecular flexibility index (Phi) is 1.75.